The fourth-order valence-corrected chi connectivity index (χ4v) is 3.58. The minimum Gasteiger partial charge on any atom is -0.445 e. The molecule has 3 aromatic carbocycles. The Bertz CT molecular complexity index is 1090. The highest BCUT2D eigenvalue weighted by Gasteiger charge is 2.26. The van der Waals surface area contributed by atoms with Crippen LogP contribution in [-0.4, -0.2) is 30.0 Å². The van der Waals surface area contributed by atoms with Crippen molar-refractivity contribution in [3.63, 3.8) is 0 Å². The number of hydrogen-bond acceptors (Lipinski definition) is 4. The molecular weight excluding hydrogens is 498 g/mol. The lowest BCUT2D eigenvalue weighted by Gasteiger charge is -2.22. The zero-order valence-corrected chi connectivity index (χ0v) is 20.0. The predicted octanol–water partition coefficient (Wildman–Crippen LogP) is 3.50. The molecule has 0 aliphatic carbocycles. The van der Waals surface area contributed by atoms with Crippen LogP contribution in [0, 0.1) is 0 Å². The molecule has 0 saturated heterocycles. The summed E-state index contributed by atoms with van der Waals surface area (Å²) in [5.74, 6) is -1.19. The molecule has 0 aliphatic rings. The Morgan fingerprint density at radius 2 is 1.26 bits per heavy atom. The fraction of sp³-hybridized carbons (Fsp3) is 0.192. The van der Waals surface area contributed by atoms with Crippen molar-refractivity contribution in [2.24, 2.45) is 5.73 Å². The first-order chi connectivity index (χ1) is 16.4. The predicted molar refractivity (Wildman–Crippen MR) is 133 cm³/mol. The normalized spacial score (nSPS) is 12.3. The zero-order valence-electron chi connectivity index (χ0n) is 18.4. The number of primary amides is 1. The summed E-state index contributed by atoms with van der Waals surface area (Å²) in [6.07, 6.45) is -0.287. The van der Waals surface area contributed by atoms with Gasteiger partial charge in [-0.05, 0) is 28.8 Å². The molecule has 34 heavy (non-hydrogen) atoms. The van der Waals surface area contributed by atoms with Crippen LogP contribution in [0.2, 0.25) is 0 Å². The summed E-state index contributed by atoms with van der Waals surface area (Å²) < 4.78 is 6.18. The van der Waals surface area contributed by atoms with Crippen molar-refractivity contribution in [1.82, 2.24) is 10.6 Å². The van der Waals surface area contributed by atoms with Gasteiger partial charge >= 0.3 is 6.09 Å². The molecule has 3 rings (SSSR count). The highest BCUT2D eigenvalue weighted by Crippen LogP contribution is 2.12. The maximum atomic E-state index is 13.1. The molecule has 3 aromatic rings. The highest BCUT2D eigenvalue weighted by atomic mass is 79.9. The minimum absolute atomic E-state index is 0.0693. The molecule has 3 amide bonds. The van der Waals surface area contributed by atoms with Crippen LogP contribution in [-0.2, 0) is 33.8 Å². The number of benzene rings is 3. The number of amides is 3. The molecule has 2 atom stereocenters. The molecule has 176 valence electrons. The summed E-state index contributed by atoms with van der Waals surface area (Å²) >= 11 is 3.37. The van der Waals surface area contributed by atoms with Crippen molar-refractivity contribution in [1.29, 1.82) is 0 Å². The fourth-order valence-electron chi connectivity index (χ4n) is 3.32. The van der Waals surface area contributed by atoms with E-state index in [0.29, 0.717) is 0 Å². The lowest BCUT2D eigenvalue weighted by Crippen LogP contribution is -2.54. The number of rotatable bonds is 10. The molecule has 7 nitrogen and oxygen atoms in total. The number of carbonyl (C=O) groups is 3. The molecule has 4 N–H and O–H groups in total. The quantitative estimate of drug-likeness (QED) is 0.377. The van der Waals surface area contributed by atoms with Gasteiger partial charge in [0, 0.05) is 17.3 Å². The molecule has 0 saturated carbocycles. The Kier molecular flexibility index (Phi) is 9.22. The Labute approximate surface area is 206 Å². The highest BCUT2D eigenvalue weighted by molar-refractivity contribution is 9.10. The van der Waals surface area contributed by atoms with Crippen molar-refractivity contribution in [3.05, 3.63) is 106 Å². The number of ether oxygens (including phenoxy) is 1. The Morgan fingerprint density at radius 1 is 0.735 bits per heavy atom. The number of halogens is 1. The number of nitrogens with two attached hydrogens (primary N) is 1. The SMILES string of the molecule is NC(=O)[C@H](Cc1ccc(Br)cc1)NC(=O)[C@H](Cc1ccccc1)NC(=O)OCc1ccccc1. The van der Waals surface area contributed by atoms with Crippen molar-refractivity contribution in [2.75, 3.05) is 0 Å². The van der Waals surface area contributed by atoms with Crippen LogP contribution in [0.5, 0.6) is 0 Å². The van der Waals surface area contributed by atoms with Crippen LogP contribution >= 0.6 is 15.9 Å². The summed E-state index contributed by atoms with van der Waals surface area (Å²) in [5.41, 5.74) is 8.06. The Morgan fingerprint density at radius 3 is 1.85 bits per heavy atom. The molecule has 8 heteroatoms. The molecule has 0 radical (unpaired) electrons. The van der Waals surface area contributed by atoms with Crippen molar-refractivity contribution < 1.29 is 19.1 Å². The second kappa shape index (κ2) is 12.6. The van der Waals surface area contributed by atoms with Crippen LogP contribution < -0.4 is 16.4 Å². The van der Waals surface area contributed by atoms with Gasteiger partial charge in [-0.15, -0.1) is 0 Å². The van der Waals surface area contributed by atoms with E-state index in [4.69, 9.17) is 10.5 Å². The second-order valence-corrected chi connectivity index (χ2v) is 8.66. The van der Waals surface area contributed by atoms with Gasteiger partial charge in [-0.3, -0.25) is 9.59 Å². The lowest BCUT2D eigenvalue weighted by molar-refractivity contribution is -0.128. The molecule has 0 bridgehead atoms. The van der Waals surface area contributed by atoms with Crippen LogP contribution in [0.15, 0.2) is 89.4 Å². The van der Waals surface area contributed by atoms with E-state index in [2.05, 4.69) is 26.6 Å². The van der Waals surface area contributed by atoms with Crippen LogP contribution in [0.25, 0.3) is 0 Å². The first-order valence-corrected chi connectivity index (χ1v) is 11.6. The summed E-state index contributed by atoms with van der Waals surface area (Å²) in [5, 5.41) is 5.30. The standard InChI is InChI=1S/C26H26BrN3O4/c27-21-13-11-19(12-14-21)15-22(24(28)31)29-25(32)23(16-18-7-3-1-4-8-18)30-26(33)34-17-20-9-5-2-6-10-20/h1-14,22-23H,15-17H2,(H2,28,31)(H,29,32)(H,30,33)/t22-,23-/m0/s1. The van der Waals surface area contributed by atoms with E-state index in [1.807, 2.05) is 84.9 Å². The third-order valence-electron chi connectivity index (χ3n) is 5.12. The summed E-state index contributed by atoms with van der Waals surface area (Å²) in [4.78, 5) is 37.6. The first-order valence-electron chi connectivity index (χ1n) is 10.8. The molecular formula is C26H26BrN3O4. The molecule has 0 spiro atoms. The lowest BCUT2D eigenvalue weighted by atomic mass is 10.0. The average molecular weight is 524 g/mol. The van der Waals surface area contributed by atoms with Gasteiger partial charge in [-0.25, -0.2) is 4.79 Å². The topological polar surface area (TPSA) is 111 Å². The smallest absolute Gasteiger partial charge is 0.408 e. The number of hydrogen-bond donors (Lipinski definition) is 3. The molecule has 0 aromatic heterocycles. The van der Waals surface area contributed by atoms with E-state index in [1.165, 1.54) is 0 Å². The number of alkyl carbamates (subject to hydrolysis) is 1. The maximum Gasteiger partial charge on any atom is 0.408 e. The van der Waals surface area contributed by atoms with Gasteiger partial charge in [0.15, 0.2) is 0 Å². The summed E-state index contributed by atoms with van der Waals surface area (Å²) in [6, 6.07) is 24.0. The summed E-state index contributed by atoms with van der Waals surface area (Å²) in [6.45, 7) is 0.0693. The van der Waals surface area contributed by atoms with Gasteiger partial charge < -0.3 is 21.1 Å². The Balaban J connectivity index is 1.68. The molecule has 0 fully saturated rings. The molecule has 0 heterocycles. The average Bonchev–Trinajstić information content (AvgIpc) is 2.84. The first kappa shape index (κ1) is 25.0. The van der Waals surface area contributed by atoms with Gasteiger partial charge in [-0.1, -0.05) is 88.7 Å². The Hall–Kier alpha value is -3.65. The third-order valence-corrected chi connectivity index (χ3v) is 5.65. The van der Waals surface area contributed by atoms with E-state index < -0.39 is 30.0 Å². The number of nitrogens with one attached hydrogen (secondary N) is 2. The summed E-state index contributed by atoms with van der Waals surface area (Å²) in [7, 11) is 0. The van der Waals surface area contributed by atoms with Gasteiger partial charge in [-0.2, -0.15) is 0 Å². The van der Waals surface area contributed by atoms with Gasteiger partial charge in [0.1, 0.15) is 18.7 Å². The minimum atomic E-state index is -0.961. The van der Waals surface area contributed by atoms with E-state index in [1.54, 1.807) is 0 Å². The monoisotopic (exact) mass is 523 g/mol. The van der Waals surface area contributed by atoms with Gasteiger partial charge in [0.05, 0.1) is 0 Å². The van der Waals surface area contributed by atoms with Crippen molar-refractivity contribution >= 4 is 33.8 Å². The molecule has 0 unspecified atom stereocenters. The largest absolute Gasteiger partial charge is 0.445 e. The van der Waals surface area contributed by atoms with Crippen molar-refractivity contribution in [2.45, 2.75) is 31.5 Å². The van der Waals surface area contributed by atoms with E-state index in [9.17, 15) is 14.4 Å². The maximum absolute atomic E-state index is 13.1. The van der Waals surface area contributed by atoms with Crippen molar-refractivity contribution in [3.8, 4) is 0 Å². The van der Waals surface area contributed by atoms with Gasteiger partial charge in [0.2, 0.25) is 11.8 Å². The van der Waals surface area contributed by atoms with E-state index in [-0.39, 0.29) is 19.4 Å². The van der Waals surface area contributed by atoms with Crippen LogP contribution in [0.3, 0.4) is 0 Å². The van der Waals surface area contributed by atoms with E-state index in [0.717, 1.165) is 21.2 Å². The number of carbonyl (C=O) groups excluding carboxylic acids is 3. The van der Waals surface area contributed by atoms with Crippen LogP contribution in [0.4, 0.5) is 4.79 Å². The van der Waals surface area contributed by atoms with Crippen LogP contribution in [0.1, 0.15) is 16.7 Å². The van der Waals surface area contributed by atoms with Gasteiger partial charge in [0.25, 0.3) is 0 Å². The third kappa shape index (κ3) is 8.04. The second-order valence-electron chi connectivity index (χ2n) is 7.74. The van der Waals surface area contributed by atoms with E-state index >= 15 is 0 Å². The molecule has 0 aliphatic heterocycles. The zero-order chi connectivity index (χ0) is 24.3.